The molecule has 2 saturated heterocycles. The van der Waals surface area contributed by atoms with Gasteiger partial charge in [-0.15, -0.1) is 0 Å². The van der Waals surface area contributed by atoms with E-state index in [2.05, 4.69) is 20.9 Å². The molecule has 0 radical (unpaired) electrons. The van der Waals surface area contributed by atoms with E-state index in [4.69, 9.17) is 5.73 Å². The molecule has 3 rings (SSSR count). The second-order valence-corrected chi connectivity index (χ2v) is 5.51. The Morgan fingerprint density at radius 3 is 3.11 bits per heavy atom. The van der Waals surface area contributed by atoms with Gasteiger partial charge in [-0.1, -0.05) is 0 Å². The molecule has 0 aliphatic carbocycles. The highest BCUT2D eigenvalue weighted by Crippen LogP contribution is 2.25. The molecule has 2 atom stereocenters. The lowest BCUT2D eigenvalue weighted by atomic mass is 10.1. The molecule has 0 bridgehead atoms. The first-order chi connectivity index (χ1) is 8.74. The molecule has 2 fully saturated rings. The number of aromatic nitrogens is 1. The maximum Gasteiger partial charge on any atom is 0.128 e. The minimum Gasteiger partial charge on any atom is -0.354 e. The number of hydrogen-bond donors (Lipinski definition) is 1. The third-order valence-corrected chi connectivity index (χ3v) is 4.21. The summed E-state index contributed by atoms with van der Waals surface area (Å²) >= 11 is 0. The van der Waals surface area contributed by atoms with Gasteiger partial charge in [-0.25, -0.2) is 4.98 Å². The molecule has 3 heterocycles. The van der Waals surface area contributed by atoms with Crippen LogP contribution in [0.1, 0.15) is 31.4 Å². The van der Waals surface area contributed by atoms with Crippen molar-refractivity contribution in [1.29, 1.82) is 0 Å². The lowest BCUT2D eigenvalue weighted by Crippen LogP contribution is -2.50. The summed E-state index contributed by atoms with van der Waals surface area (Å²) in [4.78, 5) is 9.54. The zero-order chi connectivity index (χ0) is 12.5. The highest BCUT2D eigenvalue weighted by Gasteiger charge is 2.30. The minimum atomic E-state index is 0.0829. The largest absolute Gasteiger partial charge is 0.354 e. The first kappa shape index (κ1) is 11.9. The minimum absolute atomic E-state index is 0.0829. The third-order valence-electron chi connectivity index (χ3n) is 4.21. The molecule has 1 aromatic heterocycles. The van der Waals surface area contributed by atoms with Gasteiger partial charge >= 0.3 is 0 Å². The van der Waals surface area contributed by atoms with Crippen molar-refractivity contribution in [3.8, 4) is 0 Å². The highest BCUT2D eigenvalue weighted by molar-refractivity contribution is 5.42. The molecule has 1 aromatic rings. The van der Waals surface area contributed by atoms with Crippen LogP contribution in [0.4, 0.5) is 5.82 Å². The average molecular weight is 246 g/mol. The number of pyridine rings is 1. The monoisotopic (exact) mass is 246 g/mol. The summed E-state index contributed by atoms with van der Waals surface area (Å²) in [7, 11) is 0. The van der Waals surface area contributed by atoms with E-state index in [1.54, 1.807) is 0 Å². The lowest BCUT2D eigenvalue weighted by Gasteiger charge is -2.38. The fourth-order valence-corrected chi connectivity index (χ4v) is 3.09. The predicted molar refractivity (Wildman–Crippen MR) is 73.6 cm³/mol. The van der Waals surface area contributed by atoms with Crippen molar-refractivity contribution in [3.63, 3.8) is 0 Å². The normalized spacial score (nSPS) is 26.1. The molecule has 18 heavy (non-hydrogen) atoms. The predicted octanol–water partition coefficient (Wildman–Crippen LogP) is 1.39. The second-order valence-electron chi connectivity index (χ2n) is 5.51. The molecule has 4 nitrogen and oxygen atoms in total. The molecule has 2 aliphatic heterocycles. The molecule has 0 saturated carbocycles. The number of nitrogens with zero attached hydrogens (tertiary/aromatic N) is 3. The summed E-state index contributed by atoms with van der Waals surface area (Å²) in [5.74, 6) is 1.09. The SMILES string of the molecule is C[C@H](N)c1ccnc(N2CCN3CCCC3C2)c1. The maximum atomic E-state index is 5.94. The zero-order valence-corrected chi connectivity index (χ0v) is 11.0. The van der Waals surface area contributed by atoms with Crippen molar-refractivity contribution in [1.82, 2.24) is 9.88 Å². The summed E-state index contributed by atoms with van der Waals surface area (Å²) in [5, 5.41) is 0. The van der Waals surface area contributed by atoms with E-state index in [0.717, 1.165) is 24.9 Å². The first-order valence-corrected chi connectivity index (χ1v) is 6.94. The summed E-state index contributed by atoms with van der Waals surface area (Å²) in [6.45, 7) is 6.69. The Balaban J connectivity index is 1.76. The fraction of sp³-hybridized carbons (Fsp3) is 0.643. The van der Waals surface area contributed by atoms with Gasteiger partial charge in [-0.2, -0.15) is 0 Å². The molecular weight excluding hydrogens is 224 g/mol. The Bertz CT molecular complexity index is 418. The standard InChI is InChI=1S/C14H22N4/c1-11(15)12-4-5-16-14(9-12)18-8-7-17-6-2-3-13(17)10-18/h4-5,9,11,13H,2-3,6-8,10,15H2,1H3/t11-,13?/m0/s1. The number of rotatable bonds is 2. The van der Waals surface area contributed by atoms with Crippen LogP contribution in [-0.4, -0.2) is 42.1 Å². The van der Waals surface area contributed by atoms with Crippen LogP contribution in [0.25, 0.3) is 0 Å². The van der Waals surface area contributed by atoms with Gasteiger partial charge in [0.25, 0.3) is 0 Å². The van der Waals surface area contributed by atoms with Crippen molar-refractivity contribution in [2.45, 2.75) is 31.8 Å². The molecule has 98 valence electrons. The fourth-order valence-electron chi connectivity index (χ4n) is 3.09. The quantitative estimate of drug-likeness (QED) is 0.856. The van der Waals surface area contributed by atoms with Crippen LogP contribution in [0.5, 0.6) is 0 Å². The summed E-state index contributed by atoms with van der Waals surface area (Å²) in [6, 6.07) is 4.98. The van der Waals surface area contributed by atoms with Gasteiger partial charge in [0.2, 0.25) is 0 Å². The number of anilines is 1. The molecule has 2 aliphatic rings. The van der Waals surface area contributed by atoms with Gasteiger partial charge in [0.1, 0.15) is 5.82 Å². The van der Waals surface area contributed by atoms with Crippen LogP contribution < -0.4 is 10.6 Å². The van der Waals surface area contributed by atoms with Crippen molar-refractivity contribution >= 4 is 5.82 Å². The van der Waals surface area contributed by atoms with Gasteiger partial charge in [-0.05, 0) is 44.0 Å². The topological polar surface area (TPSA) is 45.4 Å². The van der Waals surface area contributed by atoms with Gasteiger partial charge in [-0.3, -0.25) is 4.90 Å². The van der Waals surface area contributed by atoms with E-state index in [1.165, 1.54) is 31.5 Å². The molecule has 2 N–H and O–H groups in total. The van der Waals surface area contributed by atoms with Crippen LogP contribution in [0.3, 0.4) is 0 Å². The van der Waals surface area contributed by atoms with Gasteiger partial charge in [0.05, 0.1) is 0 Å². The molecule has 4 heteroatoms. The van der Waals surface area contributed by atoms with Crippen molar-refractivity contribution in [3.05, 3.63) is 23.9 Å². The highest BCUT2D eigenvalue weighted by atomic mass is 15.3. The van der Waals surface area contributed by atoms with E-state index in [1.807, 2.05) is 19.2 Å². The van der Waals surface area contributed by atoms with Crippen LogP contribution in [-0.2, 0) is 0 Å². The summed E-state index contributed by atoms with van der Waals surface area (Å²) in [5.41, 5.74) is 7.12. The van der Waals surface area contributed by atoms with E-state index in [-0.39, 0.29) is 6.04 Å². The Morgan fingerprint density at radius 2 is 2.28 bits per heavy atom. The van der Waals surface area contributed by atoms with Crippen LogP contribution in [0.15, 0.2) is 18.3 Å². The Kier molecular flexibility index (Phi) is 3.22. The van der Waals surface area contributed by atoms with Gasteiger partial charge in [0.15, 0.2) is 0 Å². The molecule has 0 aromatic carbocycles. The van der Waals surface area contributed by atoms with Crippen LogP contribution >= 0.6 is 0 Å². The van der Waals surface area contributed by atoms with E-state index in [9.17, 15) is 0 Å². The smallest absolute Gasteiger partial charge is 0.128 e. The Labute approximate surface area is 109 Å². The van der Waals surface area contributed by atoms with Crippen LogP contribution in [0.2, 0.25) is 0 Å². The average Bonchev–Trinajstić information content (AvgIpc) is 2.86. The third kappa shape index (κ3) is 2.22. The number of hydrogen-bond acceptors (Lipinski definition) is 4. The lowest BCUT2D eigenvalue weighted by molar-refractivity contribution is 0.230. The molecule has 0 spiro atoms. The number of fused-ring (bicyclic) bond motifs is 1. The van der Waals surface area contributed by atoms with Crippen molar-refractivity contribution < 1.29 is 0 Å². The second kappa shape index (κ2) is 4.86. The van der Waals surface area contributed by atoms with Crippen molar-refractivity contribution in [2.75, 3.05) is 31.1 Å². The van der Waals surface area contributed by atoms with Crippen molar-refractivity contribution in [2.24, 2.45) is 5.73 Å². The van der Waals surface area contributed by atoms with Crippen LogP contribution in [0, 0.1) is 0 Å². The van der Waals surface area contributed by atoms with Gasteiger partial charge < -0.3 is 10.6 Å². The molecule has 0 amide bonds. The zero-order valence-electron chi connectivity index (χ0n) is 11.0. The Hall–Kier alpha value is -1.13. The summed E-state index contributed by atoms with van der Waals surface area (Å²) < 4.78 is 0. The number of nitrogens with two attached hydrogens (primary N) is 1. The maximum absolute atomic E-state index is 5.94. The first-order valence-electron chi connectivity index (χ1n) is 6.94. The van der Waals surface area contributed by atoms with E-state index >= 15 is 0 Å². The molecule has 1 unspecified atom stereocenters. The van der Waals surface area contributed by atoms with E-state index in [0.29, 0.717) is 0 Å². The number of piperazine rings is 1. The van der Waals surface area contributed by atoms with E-state index < -0.39 is 0 Å². The Morgan fingerprint density at radius 1 is 1.39 bits per heavy atom. The summed E-state index contributed by atoms with van der Waals surface area (Å²) in [6.07, 6.45) is 4.57. The van der Waals surface area contributed by atoms with Gasteiger partial charge in [0, 0.05) is 37.9 Å². The molecular formula is C14H22N4.